The Morgan fingerprint density at radius 1 is 1.24 bits per heavy atom. The normalized spacial score (nSPS) is 10.8. The van der Waals surface area contributed by atoms with E-state index in [9.17, 15) is 0 Å². The van der Waals surface area contributed by atoms with Crippen LogP contribution in [0.3, 0.4) is 0 Å². The molecule has 90 valence electrons. The third-order valence-electron chi connectivity index (χ3n) is 2.98. The van der Waals surface area contributed by atoms with Crippen molar-refractivity contribution < 1.29 is 0 Å². The zero-order chi connectivity index (χ0) is 12.3. The maximum absolute atomic E-state index is 5.56. The van der Waals surface area contributed by atoms with Gasteiger partial charge in [-0.25, -0.2) is 4.68 Å². The largest absolute Gasteiger partial charge is 0.330 e. The predicted molar refractivity (Wildman–Crippen MR) is 68.2 cm³/mol. The lowest BCUT2D eigenvalue weighted by atomic mass is 10.1. The van der Waals surface area contributed by atoms with Crippen molar-refractivity contribution in [2.75, 3.05) is 6.54 Å². The molecule has 0 unspecified atom stereocenters. The minimum atomic E-state index is 0.722. The molecule has 0 aromatic carbocycles. The highest BCUT2D eigenvalue weighted by Gasteiger charge is 2.11. The topological polar surface area (TPSA) is 56.7 Å². The van der Waals surface area contributed by atoms with Crippen LogP contribution in [0.25, 0.3) is 5.69 Å². The lowest BCUT2D eigenvalue weighted by Gasteiger charge is -2.04. The van der Waals surface area contributed by atoms with E-state index < -0.39 is 0 Å². The van der Waals surface area contributed by atoms with Crippen LogP contribution in [0.5, 0.6) is 0 Å². The van der Waals surface area contributed by atoms with E-state index in [-0.39, 0.29) is 0 Å². The summed E-state index contributed by atoms with van der Waals surface area (Å²) in [6.07, 6.45) is 5.57. The van der Waals surface area contributed by atoms with E-state index in [1.165, 1.54) is 11.3 Å². The van der Waals surface area contributed by atoms with Gasteiger partial charge in [-0.2, -0.15) is 5.10 Å². The van der Waals surface area contributed by atoms with E-state index in [1.807, 2.05) is 16.8 Å². The molecule has 4 heteroatoms. The van der Waals surface area contributed by atoms with Crippen molar-refractivity contribution in [2.45, 2.75) is 26.7 Å². The summed E-state index contributed by atoms with van der Waals surface area (Å²) in [4.78, 5) is 4.02. The Morgan fingerprint density at radius 2 is 1.94 bits per heavy atom. The summed E-state index contributed by atoms with van der Waals surface area (Å²) in [5.74, 6) is 0. The molecule has 0 fully saturated rings. The van der Waals surface area contributed by atoms with Crippen LogP contribution in [0.15, 0.2) is 24.5 Å². The summed E-state index contributed by atoms with van der Waals surface area (Å²) >= 11 is 0. The van der Waals surface area contributed by atoms with Crippen molar-refractivity contribution >= 4 is 0 Å². The summed E-state index contributed by atoms with van der Waals surface area (Å²) in [7, 11) is 0. The highest BCUT2D eigenvalue weighted by molar-refractivity contribution is 5.35. The van der Waals surface area contributed by atoms with Gasteiger partial charge >= 0.3 is 0 Å². The SMILES string of the molecule is Cc1nn(-c2ccncc2)c(C)c1CCCN. The molecule has 2 aromatic heterocycles. The quantitative estimate of drug-likeness (QED) is 0.871. The van der Waals surface area contributed by atoms with Crippen molar-refractivity contribution in [3.8, 4) is 5.69 Å². The predicted octanol–water partition coefficient (Wildman–Crippen LogP) is 1.78. The van der Waals surface area contributed by atoms with Gasteiger partial charge in [0.25, 0.3) is 0 Å². The van der Waals surface area contributed by atoms with E-state index >= 15 is 0 Å². The molecule has 2 heterocycles. The molecule has 0 saturated carbocycles. The summed E-state index contributed by atoms with van der Waals surface area (Å²) < 4.78 is 1.98. The second-order valence-corrected chi connectivity index (χ2v) is 4.16. The molecular weight excluding hydrogens is 212 g/mol. The molecule has 0 spiro atoms. The first-order valence-corrected chi connectivity index (χ1v) is 5.89. The van der Waals surface area contributed by atoms with Gasteiger partial charge in [-0.15, -0.1) is 0 Å². The van der Waals surface area contributed by atoms with Gasteiger partial charge in [-0.05, 0) is 50.9 Å². The molecule has 0 aliphatic heterocycles. The number of nitrogens with two attached hydrogens (primary N) is 1. The van der Waals surface area contributed by atoms with Gasteiger partial charge in [-0.3, -0.25) is 4.98 Å². The van der Waals surface area contributed by atoms with Crippen LogP contribution >= 0.6 is 0 Å². The van der Waals surface area contributed by atoms with Gasteiger partial charge in [0.1, 0.15) is 0 Å². The van der Waals surface area contributed by atoms with Crippen LogP contribution in [-0.2, 0) is 6.42 Å². The van der Waals surface area contributed by atoms with Gasteiger partial charge in [0.05, 0.1) is 11.4 Å². The molecule has 17 heavy (non-hydrogen) atoms. The molecule has 0 saturated heterocycles. The Hall–Kier alpha value is -1.68. The zero-order valence-electron chi connectivity index (χ0n) is 10.3. The summed E-state index contributed by atoms with van der Waals surface area (Å²) in [6.45, 7) is 4.88. The molecule has 0 atom stereocenters. The number of hydrogen-bond donors (Lipinski definition) is 1. The molecule has 0 bridgehead atoms. The van der Waals surface area contributed by atoms with Gasteiger partial charge in [0, 0.05) is 18.1 Å². The molecule has 0 aliphatic carbocycles. The molecule has 4 nitrogen and oxygen atoms in total. The van der Waals surface area contributed by atoms with Crippen LogP contribution in [0.4, 0.5) is 0 Å². The van der Waals surface area contributed by atoms with Crippen LogP contribution in [-0.4, -0.2) is 21.3 Å². The zero-order valence-corrected chi connectivity index (χ0v) is 10.3. The van der Waals surface area contributed by atoms with Crippen molar-refractivity contribution in [3.63, 3.8) is 0 Å². The molecule has 2 rings (SSSR count). The van der Waals surface area contributed by atoms with Gasteiger partial charge in [0.15, 0.2) is 0 Å². The second-order valence-electron chi connectivity index (χ2n) is 4.16. The van der Waals surface area contributed by atoms with E-state index in [4.69, 9.17) is 5.73 Å². The number of rotatable bonds is 4. The lowest BCUT2D eigenvalue weighted by molar-refractivity contribution is 0.814. The molecular formula is C13H18N4. The maximum atomic E-state index is 5.56. The van der Waals surface area contributed by atoms with Crippen molar-refractivity contribution in [2.24, 2.45) is 5.73 Å². The monoisotopic (exact) mass is 230 g/mol. The van der Waals surface area contributed by atoms with Gasteiger partial charge in [0.2, 0.25) is 0 Å². The molecule has 0 aliphatic rings. The molecule has 0 radical (unpaired) electrons. The van der Waals surface area contributed by atoms with Crippen molar-refractivity contribution in [1.29, 1.82) is 0 Å². The Balaban J connectivity index is 2.37. The molecule has 2 N–H and O–H groups in total. The van der Waals surface area contributed by atoms with E-state index in [0.717, 1.165) is 30.8 Å². The second kappa shape index (κ2) is 5.10. The lowest BCUT2D eigenvalue weighted by Crippen LogP contribution is -2.02. The number of nitrogens with zero attached hydrogens (tertiary/aromatic N) is 3. The maximum Gasteiger partial charge on any atom is 0.0679 e. The highest BCUT2D eigenvalue weighted by atomic mass is 15.3. The average molecular weight is 230 g/mol. The summed E-state index contributed by atoms with van der Waals surface area (Å²) in [5, 5.41) is 4.58. The fourth-order valence-electron chi connectivity index (χ4n) is 2.05. The van der Waals surface area contributed by atoms with Crippen LogP contribution in [0.1, 0.15) is 23.4 Å². The first-order chi connectivity index (χ1) is 8.24. The standard InChI is InChI=1S/C13H18N4/c1-10-13(4-3-7-14)11(2)17(16-10)12-5-8-15-9-6-12/h5-6,8-9H,3-4,7,14H2,1-2H3. The van der Waals surface area contributed by atoms with Crippen LogP contribution < -0.4 is 5.73 Å². The minimum Gasteiger partial charge on any atom is -0.330 e. The van der Waals surface area contributed by atoms with E-state index in [2.05, 4.69) is 23.9 Å². The van der Waals surface area contributed by atoms with Crippen molar-refractivity contribution in [3.05, 3.63) is 41.5 Å². The van der Waals surface area contributed by atoms with E-state index in [0.29, 0.717) is 0 Å². The van der Waals surface area contributed by atoms with E-state index in [1.54, 1.807) is 12.4 Å². The first kappa shape index (κ1) is 11.8. The Morgan fingerprint density at radius 3 is 2.59 bits per heavy atom. The average Bonchev–Trinajstić information content (AvgIpc) is 2.64. The number of pyridine rings is 1. The third kappa shape index (κ3) is 2.36. The Kier molecular flexibility index (Phi) is 3.54. The van der Waals surface area contributed by atoms with Gasteiger partial charge in [-0.1, -0.05) is 0 Å². The smallest absolute Gasteiger partial charge is 0.0679 e. The van der Waals surface area contributed by atoms with Crippen LogP contribution in [0.2, 0.25) is 0 Å². The van der Waals surface area contributed by atoms with Gasteiger partial charge < -0.3 is 5.73 Å². The number of aromatic nitrogens is 3. The van der Waals surface area contributed by atoms with Crippen molar-refractivity contribution in [1.82, 2.24) is 14.8 Å². The summed E-state index contributed by atoms with van der Waals surface area (Å²) in [6, 6.07) is 3.93. The molecule has 0 amide bonds. The Bertz CT molecular complexity index is 488. The number of hydrogen-bond acceptors (Lipinski definition) is 3. The highest BCUT2D eigenvalue weighted by Crippen LogP contribution is 2.18. The summed E-state index contributed by atoms with van der Waals surface area (Å²) in [5.41, 5.74) is 10.2. The number of aryl methyl sites for hydroxylation is 1. The minimum absolute atomic E-state index is 0.722. The first-order valence-electron chi connectivity index (χ1n) is 5.89. The third-order valence-corrected chi connectivity index (χ3v) is 2.98. The molecule has 2 aromatic rings. The fraction of sp³-hybridized carbons (Fsp3) is 0.385. The fourth-order valence-corrected chi connectivity index (χ4v) is 2.05. The van der Waals surface area contributed by atoms with Crippen LogP contribution in [0, 0.1) is 13.8 Å². The Labute approximate surface area is 101 Å².